The minimum atomic E-state index is -1.66. The summed E-state index contributed by atoms with van der Waals surface area (Å²) >= 11 is 11.5. The summed E-state index contributed by atoms with van der Waals surface area (Å²) in [5, 5.41) is 0. The average molecular weight is 297 g/mol. The molecule has 3 rings (SSSR count). The van der Waals surface area contributed by atoms with Gasteiger partial charge in [-0.2, -0.15) is 0 Å². The van der Waals surface area contributed by atoms with E-state index < -0.39 is 4.71 Å². The van der Waals surface area contributed by atoms with Gasteiger partial charge in [0.05, 0.1) is 0 Å². The van der Waals surface area contributed by atoms with E-state index in [0.29, 0.717) is 17.2 Å². The maximum atomic E-state index is 5.75. The topological polar surface area (TPSA) is 27.7 Å². The summed E-state index contributed by atoms with van der Waals surface area (Å²) in [4.78, 5) is 0. The summed E-state index contributed by atoms with van der Waals surface area (Å²) in [6, 6.07) is 12.9. The highest BCUT2D eigenvalue weighted by atomic mass is 35.5. The molecule has 0 unspecified atom stereocenters. The summed E-state index contributed by atoms with van der Waals surface area (Å²) in [6.45, 7) is 2.00. The van der Waals surface area contributed by atoms with Crippen LogP contribution in [0.15, 0.2) is 42.5 Å². The molecule has 0 aliphatic carbocycles. The number of fused-ring (bicyclic) bond motifs is 1. The Morgan fingerprint density at radius 3 is 2.47 bits per heavy atom. The Kier molecular flexibility index (Phi) is 2.96. The number of halogens is 2. The molecule has 0 N–H and O–H groups in total. The second-order valence-corrected chi connectivity index (χ2v) is 5.38. The van der Waals surface area contributed by atoms with Crippen LogP contribution >= 0.6 is 23.2 Å². The van der Waals surface area contributed by atoms with Gasteiger partial charge in [-0.1, -0.05) is 12.1 Å². The van der Waals surface area contributed by atoms with Crippen molar-refractivity contribution >= 4 is 23.2 Å². The molecule has 1 aliphatic rings. The number of alkyl halides is 2. The molecule has 0 saturated heterocycles. The van der Waals surface area contributed by atoms with Crippen molar-refractivity contribution in [2.75, 3.05) is 0 Å². The fraction of sp³-hybridized carbons (Fsp3) is 0.143. The lowest BCUT2D eigenvalue weighted by Gasteiger charge is -2.09. The normalized spacial score (nSPS) is 15.3. The van der Waals surface area contributed by atoms with Gasteiger partial charge < -0.3 is 14.2 Å². The van der Waals surface area contributed by atoms with Gasteiger partial charge >= 0.3 is 4.71 Å². The van der Waals surface area contributed by atoms with Crippen LogP contribution in [0.3, 0.4) is 0 Å². The van der Waals surface area contributed by atoms with Crippen molar-refractivity contribution in [2.24, 2.45) is 0 Å². The Morgan fingerprint density at radius 2 is 1.68 bits per heavy atom. The summed E-state index contributed by atoms with van der Waals surface area (Å²) in [5.74, 6) is 2.32. The van der Waals surface area contributed by atoms with Crippen LogP contribution < -0.4 is 14.2 Å². The highest BCUT2D eigenvalue weighted by molar-refractivity contribution is 6.46. The maximum absolute atomic E-state index is 5.75. The van der Waals surface area contributed by atoms with Crippen LogP contribution in [0.25, 0.3) is 0 Å². The molecule has 5 heteroatoms. The molecule has 0 amide bonds. The number of ether oxygens (including phenoxy) is 3. The van der Waals surface area contributed by atoms with Crippen LogP contribution in [0, 0.1) is 6.92 Å². The second-order valence-electron chi connectivity index (χ2n) is 4.19. The van der Waals surface area contributed by atoms with Crippen molar-refractivity contribution in [1.29, 1.82) is 0 Å². The fourth-order valence-corrected chi connectivity index (χ4v) is 2.14. The van der Waals surface area contributed by atoms with E-state index in [1.165, 1.54) is 0 Å². The molecule has 0 fully saturated rings. The van der Waals surface area contributed by atoms with Crippen LogP contribution in [-0.2, 0) is 0 Å². The summed E-state index contributed by atoms with van der Waals surface area (Å²) in [5.41, 5.74) is 1.12. The van der Waals surface area contributed by atoms with Gasteiger partial charge in [-0.15, -0.1) is 0 Å². The largest absolute Gasteiger partial charge is 0.457 e. The first-order valence-corrected chi connectivity index (χ1v) is 6.42. The van der Waals surface area contributed by atoms with Crippen molar-refractivity contribution in [2.45, 2.75) is 11.6 Å². The first kappa shape index (κ1) is 12.5. The van der Waals surface area contributed by atoms with Crippen LogP contribution in [-0.4, -0.2) is 4.71 Å². The van der Waals surface area contributed by atoms with Gasteiger partial charge in [0.2, 0.25) is 0 Å². The second kappa shape index (κ2) is 4.51. The summed E-state index contributed by atoms with van der Waals surface area (Å²) in [7, 11) is 0. The number of rotatable bonds is 2. The van der Waals surface area contributed by atoms with E-state index in [1.807, 2.05) is 31.2 Å². The minimum absolute atomic E-state index is 0.454. The molecule has 0 saturated carbocycles. The molecule has 19 heavy (non-hydrogen) atoms. The highest BCUT2D eigenvalue weighted by Crippen LogP contribution is 2.45. The van der Waals surface area contributed by atoms with Crippen molar-refractivity contribution in [3.8, 4) is 23.0 Å². The van der Waals surface area contributed by atoms with Gasteiger partial charge in [0.15, 0.2) is 11.5 Å². The Bertz CT molecular complexity index is 626. The third-order valence-corrected chi connectivity index (χ3v) is 2.91. The monoisotopic (exact) mass is 296 g/mol. The van der Waals surface area contributed by atoms with Crippen molar-refractivity contribution in [1.82, 2.24) is 0 Å². The lowest BCUT2D eigenvalue weighted by atomic mass is 10.2. The number of hydrogen-bond acceptors (Lipinski definition) is 3. The molecule has 2 aromatic carbocycles. The molecule has 0 spiro atoms. The van der Waals surface area contributed by atoms with Gasteiger partial charge in [-0.3, -0.25) is 0 Å². The predicted octanol–water partition coefficient (Wildman–Crippen LogP) is 4.65. The van der Waals surface area contributed by atoms with Crippen molar-refractivity contribution < 1.29 is 14.2 Å². The molecule has 98 valence electrons. The molecular formula is C14H10Cl2O3. The van der Waals surface area contributed by atoms with Crippen molar-refractivity contribution in [3.63, 3.8) is 0 Å². The Hall–Kier alpha value is -1.58. The third-order valence-electron chi connectivity index (χ3n) is 2.60. The lowest BCUT2D eigenvalue weighted by molar-refractivity contribution is 0.0849. The minimum Gasteiger partial charge on any atom is -0.457 e. The first-order valence-electron chi connectivity index (χ1n) is 5.66. The Morgan fingerprint density at radius 1 is 0.947 bits per heavy atom. The van der Waals surface area contributed by atoms with Gasteiger partial charge in [0.1, 0.15) is 11.5 Å². The van der Waals surface area contributed by atoms with Crippen molar-refractivity contribution in [3.05, 3.63) is 48.0 Å². The van der Waals surface area contributed by atoms with Crippen LogP contribution in [0.2, 0.25) is 0 Å². The zero-order chi connectivity index (χ0) is 13.5. The molecular weight excluding hydrogens is 287 g/mol. The van der Waals surface area contributed by atoms with Gasteiger partial charge in [0, 0.05) is 6.07 Å². The van der Waals surface area contributed by atoms with Crippen LogP contribution in [0.5, 0.6) is 23.0 Å². The SMILES string of the molecule is Cc1cccc(Oc2ccc3c(c2)OC(Cl)(Cl)O3)c1. The van der Waals surface area contributed by atoms with E-state index in [2.05, 4.69) is 0 Å². The van der Waals surface area contributed by atoms with E-state index >= 15 is 0 Å². The number of benzene rings is 2. The quantitative estimate of drug-likeness (QED) is 0.755. The summed E-state index contributed by atoms with van der Waals surface area (Å²) < 4.78 is 14.5. The van der Waals surface area contributed by atoms with E-state index in [9.17, 15) is 0 Å². The molecule has 1 heterocycles. The molecule has 0 bridgehead atoms. The van der Waals surface area contributed by atoms with E-state index in [0.717, 1.165) is 11.3 Å². The van der Waals surface area contributed by atoms with Crippen LogP contribution in [0.4, 0.5) is 0 Å². The number of hydrogen-bond donors (Lipinski definition) is 0. The Balaban J connectivity index is 1.85. The standard InChI is InChI=1S/C14H10Cl2O3/c1-9-3-2-4-10(7-9)17-11-5-6-12-13(8-11)19-14(15,16)18-12/h2-8H,1H3. The van der Waals surface area contributed by atoms with Crippen LogP contribution in [0.1, 0.15) is 5.56 Å². The third kappa shape index (κ3) is 2.72. The molecule has 1 aliphatic heterocycles. The maximum Gasteiger partial charge on any atom is 0.419 e. The van der Waals surface area contributed by atoms with E-state index in [1.54, 1.807) is 18.2 Å². The van der Waals surface area contributed by atoms with Gasteiger partial charge in [-0.05, 0) is 60.0 Å². The smallest absolute Gasteiger partial charge is 0.419 e. The average Bonchev–Trinajstić information content (AvgIpc) is 2.62. The number of aryl methyl sites for hydroxylation is 1. The molecule has 0 atom stereocenters. The highest BCUT2D eigenvalue weighted by Gasteiger charge is 2.37. The summed E-state index contributed by atoms with van der Waals surface area (Å²) in [6.07, 6.45) is 0. The lowest BCUT2D eigenvalue weighted by Crippen LogP contribution is -2.22. The van der Waals surface area contributed by atoms with Gasteiger partial charge in [0.25, 0.3) is 0 Å². The molecule has 2 aromatic rings. The van der Waals surface area contributed by atoms with E-state index in [4.69, 9.17) is 37.4 Å². The Labute approximate surface area is 120 Å². The predicted molar refractivity (Wildman–Crippen MR) is 73.4 cm³/mol. The molecule has 0 radical (unpaired) electrons. The molecule has 3 nitrogen and oxygen atoms in total. The van der Waals surface area contributed by atoms with Gasteiger partial charge in [-0.25, -0.2) is 0 Å². The zero-order valence-corrected chi connectivity index (χ0v) is 11.5. The zero-order valence-electron chi connectivity index (χ0n) is 10.0. The fourth-order valence-electron chi connectivity index (χ4n) is 1.81. The first-order chi connectivity index (χ1) is 9.02. The molecule has 0 aromatic heterocycles. The van der Waals surface area contributed by atoms with E-state index in [-0.39, 0.29) is 0 Å².